The molecule has 0 radical (unpaired) electrons. The molecule has 0 bridgehead atoms. The van der Waals surface area contributed by atoms with Crippen molar-refractivity contribution in [3.05, 3.63) is 22.6 Å². The molecule has 0 saturated carbocycles. The highest BCUT2D eigenvalue weighted by molar-refractivity contribution is 9.10. The molecule has 1 fully saturated rings. The van der Waals surface area contributed by atoms with Gasteiger partial charge in [-0.3, -0.25) is 0 Å². The highest BCUT2D eigenvalue weighted by atomic mass is 79.9. The van der Waals surface area contributed by atoms with E-state index in [-0.39, 0.29) is 12.1 Å². The maximum absolute atomic E-state index is 5.74. The molecule has 1 saturated heterocycles. The molecule has 1 aromatic heterocycles. The van der Waals surface area contributed by atoms with Crippen LogP contribution in [-0.4, -0.2) is 32.5 Å². The third-order valence-electron chi connectivity index (χ3n) is 2.73. The van der Waals surface area contributed by atoms with E-state index in [2.05, 4.69) is 28.2 Å². The van der Waals surface area contributed by atoms with E-state index in [0.717, 1.165) is 23.4 Å². The first-order valence-corrected chi connectivity index (χ1v) is 6.78. The zero-order chi connectivity index (χ0) is 12.1. The quantitative estimate of drug-likeness (QED) is 0.908. The van der Waals surface area contributed by atoms with E-state index in [9.17, 15) is 0 Å². The van der Waals surface area contributed by atoms with E-state index in [1.807, 2.05) is 12.1 Å². The Bertz CT molecular complexity index is 336. The molecule has 1 aliphatic rings. The van der Waals surface area contributed by atoms with Gasteiger partial charge in [-0.1, -0.05) is 6.92 Å². The Balaban J connectivity index is 2.06. The predicted octanol–water partition coefficient (Wildman–Crippen LogP) is 2.50. The number of hydrogen-bond acceptors (Lipinski definition) is 4. The number of halogens is 1. The average molecular weight is 304 g/mol. The second-order valence-electron chi connectivity index (χ2n) is 4.06. The van der Waals surface area contributed by atoms with Crippen molar-refractivity contribution in [2.24, 2.45) is 0 Å². The molecule has 0 aliphatic carbocycles. The van der Waals surface area contributed by atoms with Gasteiger partial charge in [0.15, 0.2) is 4.67 Å². The van der Waals surface area contributed by atoms with E-state index in [0.29, 0.717) is 19.8 Å². The Hall–Kier alpha value is -0.360. The van der Waals surface area contributed by atoms with Crippen molar-refractivity contribution in [1.29, 1.82) is 0 Å². The Morgan fingerprint density at radius 2 is 2.35 bits per heavy atom. The van der Waals surface area contributed by atoms with Gasteiger partial charge in [-0.25, -0.2) is 0 Å². The van der Waals surface area contributed by atoms with Gasteiger partial charge in [0, 0.05) is 0 Å². The summed E-state index contributed by atoms with van der Waals surface area (Å²) in [6.07, 6.45) is 1.10. The number of nitrogens with one attached hydrogen (secondary N) is 1. The molecule has 4 nitrogen and oxygen atoms in total. The molecule has 2 rings (SSSR count). The third-order valence-corrected chi connectivity index (χ3v) is 3.15. The van der Waals surface area contributed by atoms with Gasteiger partial charge in [0.1, 0.15) is 11.9 Å². The van der Waals surface area contributed by atoms with Gasteiger partial charge in [0.25, 0.3) is 0 Å². The summed E-state index contributed by atoms with van der Waals surface area (Å²) in [5.41, 5.74) is 0. The SMILES string of the molecule is CCCNC(c1ccc(Br)o1)C1COCCO1. The molecule has 0 amide bonds. The van der Waals surface area contributed by atoms with Crippen LogP contribution >= 0.6 is 15.9 Å². The minimum atomic E-state index is 0.0216. The van der Waals surface area contributed by atoms with Crippen LogP contribution in [0.3, 0.4) is 0 Å². The Morgan fingerprint density at radius 1 is 1.47 bits per heavy atom. The van der Waals surface area contributed by atoms with Crippen molar-refractivity contribution in [1.82, 2.24) is 5.32 Å². The minimum absolute atomic E-state index is 0.0216. The highest BCUT2D eigenvalue weighted by Gasteiger charge is 2.28. The van der Waals surface area contributed by atoms with Crippen molar-refractivity contribution in [2.45, 2.75) is 25.5 Å². The topological polar surface area (TPSA) is 43.6 Å². The summed E-state index contributed by atoms with van der Waals surface area (Å²) in [4.78, 5) is 0. The second kappa shape index (κ2) is 6.54. The summed E-state index contributed by atoms with van der Waals surface area (Å²) in [6.45, 7) is 5.01. The lowest BCUT2D eigenvalue weighted by Crippen LogP contribution is -2.40. The smallest absolute Gasteiger partial charge is 0.169 e. The molecule has 1 aliphatic heterocycles. The summed E-state index contributed by atoms with van der Waals surface area (Å²) < 4.78 is 17.5. The first-order valence-electron chi connectivity index (χ1n) is 5.99. The van der Waals surface area contributed by atoms with Gasteiger partial charge in [-0.2, -0.15) is 0 Å². The summed E-state index contributed by atoms with van der Waals surface area (Å²) in [5.74, 6) is 0.890. The van der Waals surface area contributed by atoms with Crippen LogP contribution in [0.1, 0.15) is 25.1 Å². The Morgan fingerprint density at radius 3 is 2.94 bits per heavy atom. The molecule has 0 spiro atoms. The van der Waals surface area contributed by atoms with Crippen LogP contribution in [0.25, 0.3) is 0 Å². The van der Waals surface area contributed by atoms with Crippen LogP contribution in [0.2, 0.25) is 0 Å². The van der Waals surface area contributed by atoms with Crippen molar-refractivity contribution in [2.75, 3.05) is 26.4 Å². The van der Waals surface area contributed by atoms with Crippen LogP contribution in [0.4, 0.5) is 0 Å². The predicted molar refractivity (Wildman–Crippen MR) is 68.0 cm³/mol. The summed E-state index contributed by atoms with van der Waals surface area (Å²) in [6, 6.07) is 3.93. The molecule has 2 atom stereocenters. The average Bonchev–Trinajstić information content (AvgIpc) is 2.78. The minimum Gasteiger partial charge on any atom is -0.453 e. The van der Waals surface area contributed by atoms with E-state index in [1.54, 1.807) is 0 Å². The molecular weight excluding hydrogens is 286 g/mol. The lowest BCUT2D eigenvalue weighted by Gasteiger charge is -2.29. The molecule has 0 aromatic carbocycles. The van der Waals surface area contributed by atoms with Gasteiger partial charge < -0.3 is 19.2 Å². The molecule has 96 valence electrons. The molecule has 1 N–H and O–H groups in total. The van der Waals surface area contributed by atoms with E-state index in [1.165, 1.54) is 0 Å². The lowest BCUT2D eigenvalue weighted by molar-refractivity contribution is -0.104. The fourth-order valence-electron chi connectivity index (χ4n) is 1.91. The maximum atomic E-state index is 5.74. The summed E-state index contributed by atoms with van der Waals surface area (Å²) in [7, 11) is 0. The van der Waals surface area contributed by atoms with Crippen LogP contribution in [0.15, 0.2) is 21.2 Å². The number of ether oxygens (including phenoxy) is 2. The first kappa shape index (κ1) is 13.1. The Kier molecular flexibility index (Phi) is 5.03. The number of hydrogen-bond donors (Lipinski definition) is 1. The lowest BCUT2D eigenvalue weighted by atomic mass is 10.1. The summed E-state index contributed by atoms with van der Waals surface area (Å²) in [5, 5.41) is 3.45. The van der Waals surface area contributed by atoms with Gasteiger partial charge in [0.2, 0.25) is 0 Å². The summed E-state index contributed by atoms with van der Waals surface area (Å²) >= 11 is 3.33. The number of furan rings is 1. The van der Waals surface area contributed by atoms with Crippen LogP contribution in [0, 0.1) is 0 Å². The third kappa shape index (κ3) is 3.55. The zero-order valence-electron chi connectivity index (χ0n) is 9.95. The zero-order valence-corrected chi connectivity index (χ0v) is 11.5. The largest absolute Gasteiger partial charge is 0.453 e. The Labute approximate surface area is 110 Å². The van der Waals surface area contributed by atoms with Crippen molar-refractivity contribution in [3.63, 3.8) is 0 Å². The molecule has 5 heteroatoms. The fourth-order valence-corrected chi connectivity index (χ4v) is 2.23. The second-order valence-corrected chi connectivity index (χ2v) is 4.84. The normalized spacial score (nSPS) is 22.6. The molecule has 1 aromatic rings. The molecule has 2 heterocycles. The van der Waals surface area contributed by atoms with Gasteiger partial charge >= 0.3 is 0 Å². The first-order chi connectivity index (χ1) is 8.31. The molecule has 17 heavy (non-hydrogen) atoms. The van der Waals surface area contributed by atoms with Gasteiger partial charge in [-0.05, 0) is 41.0 Å². The van der Waals surface area contributed by atoms with Crippen molar-refractivity contribution < 1.29 is 13.9 Å². The highest BCUT2D eigenvalue weighted by Crippen LogP contribution is 2.25. The van der Waals surface area contributed by atoms with Crippen molar-refractivity contribution >= 4 is 15.9 Å². The van der Waals surface area contributed by atoms with E-state index >= 15 is 0 Å². The van der Waals surface area contributed by atoms with Crippen LogP contribution in [-0.2, 0) is 9.47 Å². The van der Waals surface area contributed by atoms with Gasteiger partial charge in [-0.15, -0.1) is 0 Å². The van der Waals surface area contributed by atoms with Crippen molar-refractivity contribution in [3.8, 4) is 0 Å². The van der Waals surface area contributed by atoms with Gasteiger partial charge in [0.05, 0.1) is 25.9 Å². The standard InChI is InChI=1S/C12H18BrNO3/c1-2-5-14-12(9-3-4-11(13)17-9)10-8-15-6-7-16-10/h3-4,10,12,14H,2,5-8H2,1H3. The molecular formula is C12H18BrNO3. The monoisotopic (exact) mass is 303 g/mol. The van der Waals surface area contributed by atoms with Crippen LogP contribution < -0.4 is 5.32 Å². The maximum Gasteiger partial charge on any atom is 0.169 e. The van der Waals surface area contributed by atoms with E-state index < -0.39 is 0 Å². The number of rotatable bonds is 5. The van der Waals surface area contributed by atoms with E-state index in [4.69, 9.17) is 13.9 Å². The fraction of sp³-hybridized carbons (Fsp3) is 0.667. The molecule has 2 unspecified atom stereocenters. The van der Waals surface area contributed by atoms with Crippen LogP contribution in [0.5, 0.6) is 0 Å².